The summed E-state index contributed by atoms with van der Waals surface area (Å²) in [4.78, 5) is 29.0. The highest BCUT2D eigenvalue weighted by Crippen LogP contribution is 2.23. The quantitative estimate of drug-likeness (QED) is 0.688. The van der Waals surface area contributed by atoms with Crippen LogP contribution in [0.3, 0.4) is 0 Å². The summed E-state index contributed by atoms with van der Waals surface area (Å²) in [5.74, 6) is -0.826. The molecule has 2 N–H and O–H groups in total. The third-order valence-corrected chi connectivity index (χ3v) is 7.06. The molecule has 0 radical (unpaired) electrons. The van der Waals surface area contributed by atoms with E-state index in [1.807, 2.05) is 6.07 Å². The molecule has 1 atom stereocenters. The lowest BCUT2D eigenvalue weighted by atomic mass is 9.97. The standard InChI is InChI=1S/C21H26N4O4S/c1-16(20(26)23-15-17-6-5-11-22-14-17)24-21(27)18-9-12-25(13-10-18)30(28,29)19-7-3-2-4-8-19/h2-8,11,14,16,18H,9-10,12-13,15H2,1H3,(H,23,26)(H,24,27). The molecule has 0 aliphatic carbocycles. The number of nitrogens with one attached hydrogen (secondary N) is 2. The SMILES string of the molecule is CC(NC(=O)C1CCN(S(=O)(=O)c2ccccc2)CC1)C(=O)NCc1cccnc1. The first-order valence-corrected chi connectivity index (χ1v) is 11.3. The Hall–Kier alpha value is -2.78. The number of benzene rings is 1. The average molecular weight is 431 g/mol. The number of amides is 2. The maximum atomic E-state index is 12.7. The first-order valence-electron chi connectivity index (χ1n) is 9.90. The van der Waals surface area contributed by atoms with E-state index in [1.54, 1.807) is 55.7 Å². The van der Waals surface area contributed by atoms with Crippen LogP contribution in [0.15, 0.2) is 59.8 Å². The number of pyridine rings is 1. The highest BCUT2D eigenvalue weighted by Gasteiger charge is 2.32. The van der Waals surface area contributed by atoms with Crippen LogP contribution in [0.25, 0.3) is 0 Å². The predicted molar refractivity (Wildman–Crippen MR) is 112 cm³/mol. The Bertz CT molecular complexity index is 959. The maximum Gasteiger partial charge on any atom is 0.243 e. The van der Waals surface area contributed by atoms with Crippen LogP contribution in [0.5, 0.6) is 0 Å². The number of hydrogen-bond acceptors (Lipinski definition) is 5. The van der Waals surface area contributed by atoms with Crippen molar-refractivity contribution < 1.29 is 18.0 Å². The molecular formula is C21H26N4O4S. The van der Waals surface area contributed by atoms with Gasteiger partial charge >= 0.3 is 0 Å². The van der Waals surface area contributed by atoms with E-state index in [2.05, 4.69) is 15.6 Å². The van der Waals surface area contributed by atoms with Crippen LogP contribution >= 0.6 is 0 Å². The first kappa shape index (κ1) is 21.9. The summed E-state index contributed by atoms with van der Waals surface area (Å²) in [6.07, 6.45) is 4.16. The minimum atomic E-state index is -3.55. The molecule has 160 valence electrons. The topological polar surface area (TPSA) is 108 Å². The Morgan fingerprint density at radius 3 is 2.47 bits per heavy atom. The van der Waals surface area contributed by atoms with E-state index in [0.717, 1.165) is 5.56 Å². The molecule has 2 aromatic rings. The summed E-state index contributed by atoms with van der Waals surface area (Å²) in [5.41, 5.74) is 0.872. The van der Waals surface area contributed by atoms with Gasteiger partial charge in [-0.1, -0.05) is 24.3 Å². The normalized spacial score (nSPS) is 16.6. The molecule has 0 bridgehead atoms. The molecule has 1 aromatic carbocycles. The molecular weight excluding hydrogens is 404 g/mol. The molecule has 3 rings (SSSR count). The summed E-state index contributed by atoms with van der Waals surface area (Å²) in [7, 11) is -3.55. The zero-order valence-electron chi connectivity index (χ0n) is 16.8. The molecule has 0 saturated carbocycles. The number of carbonyl (C=O) groups is 2. The molecule has 2 amide bonds. The Labute approximate surface area is 176 Å². The second kappa shape index (κ2) is 9.82. The number of nitrogens with zero attached hydrogens (tertiary/aromatic N) is 2. The molecule has 0 spiro atoms. The highest BCUT2D eigenvalue weighted by molar-refractivity contribution is 7.89. The molecule has 30 heavy (non-hydrogen) atoms. The second-order valence-corrected chi connectivity index (χ2v) is 9.24. The number of rotatable bonds is 7. The lowest BCUT2D eigenvalue weighted by Gasteiger charge is -2.31. The van der Waals surface area contributed by atoms with E-state index in [0.29, 0.717) is 19.4 Å². The smallest absolute Gasteiger partial charge is 0.243 e. The van der Waals surface area contributed by atoms with Crippen molar-refractivity contribution in [2.24, 2.45) is 5.92 Å². The highest BCUT2D eigenvalue weighted by atomic mass is 32.2. The molecule has 9 heteroatoms. The molecule has 1 saturated heterocycles. The molecule has 1 aliphatic heterocycles. The van der Waals surface area contributed by atoms with E-state index in [9.17, 15) is 18.0 Å². The van der Waals surface area contributed by atoms with Crippen molar-refractivity contribution >= 4 is 21.8 Å². The lowest BCUT2D eigenvalue weighted by molar-refractivity contribution is -0.131. The van der Waals surface area contributed by atoms with E-state index in [4.69, 9.17) is 0 Å². The third-order valence-electron chi connectivity index (χ3n) is 5.15. The third kappa shape index (κ3) is 5.43. The van der Waals surface area contributed by atoms with Gasteiger partial charge in [-0.05, 0) is 43.5 Å². The number of piperidine rings is 1. The Morgan fingerprint density at radius 2 is 1.83 bits per heavy atom. The Morgan fingerprint density at radius 1 is 1.13 bits per heavy atom. The van der Waals surface area contributed by atoms with Crippen LogP contribution in [0.4, 0.5) is 0 Å². The van der Waals surface area contributed by atoms with Crippen LogP contribution < -0.4 is 10.6 Å². The number of aromatic nitrogens is 1. The minimum absolute atomic E-state index is 0.226. The molecule has 1 unspecified atom stereocenters. The van der Waals surface area contributed by atoms with Crippen LogP contribution in [-0.4, -0.2) is 48.7 Å². The fourth-order valence-corrected chi connectivity index (χ4v) is 4.83. The number of sulfonamides is 1. The molecule has 1 aliphatic rings. The zero-order chi connectivity index (χ0) is 21.6. The van der Waals surface area contributed by atoms with Crippen LogP contribution in [0.1, 0.15) is 25.3 Å². The summed E-state index contributed by atoms with van der Waals surface area (Å²) in [6, 6.07) is 11.2. The number of hydrogen-bond donors (Lipinski definition) is 2. The predicted octanol–water partition coefficient (Wildman–Crippen LogP) is 1.30. The van der Waals surface area contributed by atoms with Gasteiger partial charge in [0.1, 0.15) is 6.04 Å². The average Bonchev–Trinajstić information content (AvgIpc) is 2.78. The molecule has 8 nitrogen and oxygen atoms in total. The van der Waals surface area contributed by atoms with Crippen LogP contribution in [0, 0.1) is 5.92 Å². The summed E-state index contributed by atoms with van der Waals surface area (Å²) < 4.78 is 26.8. The van der Waals surface area contributed by atoms with Gasteiger partial charge in [-0.25, -0.2) is 8.42 Å². The van der Waals surface area contributed by atoms with Gasteiger partial charge in [0.05, 0.1) is 4.90 Å². The minimum Gasteiger partial charge on any atom is -0.350 e. The zero-order valence-corrected chi connectivity index (χ0v) is 17.6. The Balaban J connectivity index is 1.47. The van der Waals surface area contributed by atoms with Gasteiger partial charge in [-0.3, -0.25) is 14.6 Å². The molecule has 2 heterocycles. The molecule has 1 fully saturated rings. The van der Waals surface area contributed by atoms with Gasteiger partial charge in [-0.2, -0.15) is 4.31 Å². The second-order valence-electron chi connectivity index (χ2n) is 7.30. The fraction of sp³-hybridized carbons (Fsp3) is 0.381. The van der Waals surface area contributed by atoms with Crippen molar-refractivity contribution in [1.29, 1.82) is 0 Å². The summed E-state index contributed by atoms with van der Waals surface area (Å²) >= 11 is 0. The fourth-order valence-electron chi connectivity index (χ4n) is 3.34. The van der Waals surface area contributed by atoms with Gasteiger partial charge in [0.15, 0.2) is 0 Å². The van der Waals surface area contributed by atoms with Crippen LogP contribution in [-0.2, 0) is 26.2 Å². The van der Waals surface area contributed by atoms with Gasteiger partial charge in [0.25, 0.3) is 0 Å². The van der Waals surface area contributed by atoms with Gasteiger partial charge in [0, 0.05) is 37.9 Å². The van der Waals surface area contributed by atoms with Crippen molar-refractivity contribution in [3.8, 4) is 0 Å². The van der Waals surface area contributed by atoms with Crippen molar-refractivity contribution in [1.82, 2.24) is 19.9 Å². The van der Waals surface area contributed by atoms with Gasteiger partial charge in [0.2, 0.25) is 21.8 Å². The van der Waals surface area contributed by atoms with Gasteiger partial charge in [-0.15, -0.1) is 0 Å². The van der Waals surface area contributed by atoms with E-state index in [1.165, 1.54) is 4.31 Å². The largest absolute Gasteiger partial charge is 0.350 e. The summed E-state index contributed by atoms with van der Waals surface area (Å²) in [6.45, 7) is 2.52. The van der Waals surface area contributed by atoms with Crippen LogP contribution in [0.2, 0.25) is 0 Å². The number of carbonyl (C=O) groups excluding carboxylic acids is 2. The monoisotopic (exact) mass is 430 g/mol. The van der Waals surface area contributed by atoms with E-state index < -0.39 is 16.1 Å². The summed E-state index contributed by atoms with van der Waals surface area (Å²) in [5, 5.41) is 5.51. The molecule has 1 aromatic heterocycles. The van der Waals surface area contributed by atoms with E-state index >= 15 is 0 Å². The van der Waals surface area contributed by atoms with E-state index in [-0.39, 0.29) is 35.7 Å². The van der Waals surface area contributed by atoms with Crippen molar-refractivity contribution in [3.63, 3.8) is 0 Å². The lowest BCUT2D eigenvalue weighted by Crippen LogP contribution is -2.49. The van der Waals surface area contributed by atoms with Crippen molar-refractivity contribution in [2.45, 2.75) is 37.2 Å². The van der Waals surface area contributed by atoms with Gasteiger partial charge < -0.3 is 10.6 Å². The van der Waals surface area contributed by atoms with Crippen molar-refractivity contribution in [2.75, 3.05) is 13.1 Å². The maximum absolute atomic E-state index is 12.7. The Kier molecular flexibility index (Phi) is 7.17. The first-order chi connectivity index (χ1) is 14.4. The van der Waals surface area contributed by atoms with Crippen molar-refractivity contribution in [3.05, 3.63) is 60.4 Å².